The standard InChI is InChI=1S/C17H28O2.C6H12O2/c1-12-7-8-14-5-3-4-6-17(14)16(12)10-9-15(19)11-13(2)18;1-4-6(2,3)5(7)8/h5,7-8,12-13,15-19H,3-4,6,9-11H2,1-2H3;4H2,1-3H3,(H,7,8). The van der Waals surface area contributed by atoms with E-state index in [0.29, 0.717) is 30.6 Å². The molecule has 27 heavy (non-hydrogen) atoms. The Bertz CT molecular complexity index is 518. The number of carboxylic acids is 1. The number of carboxylic acid groups (broad SMARTS) is 1. The highest BCUT2D eigenvalue weighted by Crippen LogP contribution is 2.42. The molecule has 0 aromatic rings. The molecule has 0 heterocycles. The molecule has 4 nitrogen and oxygen atoms in total. The summed E-state index contributed by atoms with van der Waals surface area (Å²) in [5.74, 6) is 1.26. The highest BCUT2D eigenvalue weighted by molar-refractivity contribution is 5.73. The number of allylic oxidation sites excluding steroid dienone is 4. The summed E-state index contributed by atoms with van der Waals surface area (Å²) in [5, 5.41) is 27.7. The second-order valence-corrected chi connectivity index (χ2v) is 8.98. The Morgan fingerprint density at radius 3 is 2.52 bits per heavy atom. The summed E-state index contributed by atoms with van der Waals surface area (Å²) in [6.45, 7) is 9.35. The van der Waals surface area contributed by atoms with E-state index >= 15 is 0 Å². The number of rotatable bonds is 7. The molecule has 2 aliphatic carbocycles. The number of aliphatic hydroxyl groups is 2. The van der Waals surface area contributed by atoms with Crippen LogP contribution in [0.2, 0.25) is 0 Å². The van der Waals surface area contributed by atoms with Crippen molar-refractivity contribution in [3.8, 4) is 0 Å². The SMILES string of the molecule is CC(O)CC(O)CCC1C(C)C=CC2=CCCCC21.CCC(C)(C)C(=O)O. The predicted molar refractivity (Wildman–Crippen MR) is 110 cm³/mol. The molecule has 0 aliphatic heterocycles. The Hall–Kier alpha value is -1.13. The molecular weight excluding hydrogens is 340 g/mol. The molecule has 156 valence electrons. The van der Waals surface area contributed by atoms with Gasteiger partial charge < -0.3 is 15.3 Å². The lowest BCUT2D eigenvalue weighted by Crippen LogP contribution is -2.28. The summed E-state index contributed by atoms with van der Waals surface area (Å²) in [5.41, 5.74) is 0.986. The van der Waals surface area contributed by atoms with Gasteiger partial charge in [-0.3, -0.25) is 4.79 Å². The lowest BCUT2D eigenvalue weighted by molar-refractivity contribution is -0.147. The first-order valence-electron chi connectivity index (χ1n) is 10.6. The van der Waals surface area contributed by atoms with Crippen molar-refractivity contribution in [1.82, 2.24) is 0 Å². The first-order valence-corrected chi connectivity index (χ1v) is 10.6. The van der Waals surface area contributed by atoms with Crippen molar-refractivity contribution in [3.63, 3.8) is 0 Å². The minimum Gasteiger partial charge on any atom is -0.481 e. The van der Waals surface area contributed by atoms with Gasteiger partial charge in [-0.15, -0.1) is 0 Å². The summed E-state index contributed by atoms with van der Waals surface area (Å²) in [6.07, 6.45) is 13.2. The number of hydrogen-bond acceptors (Lipinski definition) is 3. The zero-order valence-electron chi connectivity index (χ0n) is 17.8. The topological polar surface area (TPSA) is 77.8 Å². The van der Waals surface area contributed by atoms with Gasteiger partial charge in [-0.1, -0.05) is 32.1 Å². The van der Waals surface area contributed by atoms with Gasteiger partial charge in [-0.25, -0.2) is 0 Å². The van der Waals surface area contributed by atoms with Crippen LogP contribution in [0.1, 0.15) is 79.6 Å². The molecule has 5 atom stereocenters. The van der Waals surface area contributed by atoms with Gasteiger partial charge in [-0.05, 0) is 89.0 Å². The van der Waals surface area contributed by atoms with Crippen LogP contribution < -0.4 is 0 Å². The molecule has 2 rings (SSSR count). The smallest absolute Gasteiger partial charge is 0.309 e. The highest BCUT2D eigenvalue weighted by Gasteiger charge is 2.31. The van der Waals surface area contributed by atoms with Crippen LogP contribution in [0.15, 0.2) is 23.8 Å². The molecule has 0 aromatic heterocycles. The first-order chi connectivity index (χ1) is 12.6. The third kappa shape index (κ3) is 7.79. The quantitative estimate of drug-likeness (QED) is 0.584. The van der Waals surface area contributed by atoms with Crippen molar-refractivity contribution in [2.75, 3.05) is 0 Å². The molecule has 0 bridgehead atoms. The normalized spacial score (nSPS) is 26.9. The predicted octanol–water partition coefficient (Wildman–Crippen LogP) is 4.95. The van der Waals surface area contributed by atoms with E-state index in [2.05, 4.69) is 25.2 Å². The fourth-order valence-electron chi connectivity index (χ4n) is 3.86. The number of carbonyl (C=O) groups is 1. The Kier molecular flexibility index (Phi) is 9.75. The van der Waals surface area contributed by atoms with Crippen LogP contribution in [0, 0.1) is 23.2 Å². The van der Waals surface area contributed by atoms with E-state index in [-0.39, 0.29) is 6.10 Å². The van der Waals surface area contributed by atoms with Crippen molar-refractivity contribution in [2.24, 2.45) is 23.2 Å². The number of fused-ring (bicyclic) bond motifs is 1. The summed E-state index contributed by atoms with van der Waals surface area (Å²) < 4.78 is 0. The maximum atomic E-state index is 10.3. The molecule has 0 saturated carbocycles. The van der Waals surface area contributed by atoms with Gasteiger partial charge in [0.1, 0.15) is 0 Å². The van der Waals surface area contributed by atoms with E-state index in [9.17, 15) is 15.0 Å². The van der Waals surface area contributed by atoms with Crippen molar-refractivity contribution < 1.29 is 20.1 Å². The maximum absolute atomic E-state index is 10.3. The molecule has 0 radical (unpaired) electrons. The van der Waals surface area contributed by atoms with Gasteiger partial charge in [0, 0.05) is 0 Å². The second kappa shape index (κ2) is 11.0. The minimum absolute atomic E-state index is 0.353. The molecule has 0 spiro atoms. The number of aliphatic carboxylic acids is 1. The average molecular weight is 381 g/mol. The monoisotopic (exact) mass is 380 g/mol. The third-order valence-corrected chi connectivity index (χ3v) is 6.22. The highest BCUT2D eigenvalue weighted by atomic mass is 16.4. The van der Waals surface area contributed by atoms with Crippen LogP contribution in [0.3, 0.4) is 0 Å². The Morgan fingerprint density at radius 2 is 2.00 bits per heavy atom. The Morgan fingerprint density at radius 1 is 1.33 bits per heavy atom. The molecule has 0 amide bonds. The van der Waals surface area contributed by atoms with E-state index in [1.54, 1.807) is 20.8 Å². The third-order valence-electron chi connectivity index (χ3n) is 6.22. The summed E-state index contributed by atoms with van der Waals surface area (Å²) in [4.78, 5) is 10.3. The molecule has 0 saturated heterocycles. The van der Waals surface area contributed by atoms with Crippen LogP contribution in [0.25, 0.3) is 0 Å². The molecular formula is C23H40O4. The first kappa shape index (κ1) is 23.9. The molecule has 5 unspecified atom stereocenters. The van der Waals surface area contributed by atoms with Crippen LogP contribution in [-0.2, 0) is 4.79 Å². The van der Waals surface area contributed by atoms with Gasteiger partial charge in [-0.2, -0.15) is 0 Å². The van der Waals surface area contributed by atoms with Crippen molar-refractivity contribution in [2.45, 2.75) is 91.8 Å². The average Bonchev–Trinajstić information content (AvgIpc) is 2.60. The van der Waals surface area contributed by atoms with Crippen molar-refractivity contribution >= 4 is 5.97 Å². The van der Waals surface area contributed by atoms with Gasteiger partial charge in [0.05, 0.1) is 17.6 Å². The zero-order chi connectivity index (χ0) is 20.6. The second-order valence-electron chi connectivity index (χ2n) is 8.98. The molecule has 0 fully saturated rings. The zero-order valence-corrected chi connectivity index (χ0v) is 17.8. The van der Waals surface area contributed by atoms with Crippen molar-refractivity contribution in [1.29, 1.82) is 0 Å². The van der Waals surface area contributed by atoms with Gasteiger partial charge in [0.25, 0.3) is 0 Å². The maximum Gasteiger partial charge on any atom is 0.309 e. The summed E-state index contributed by atoms with van der Waals surface area (Å²) in [6, 6.07) is 0. The fourth-order valence-corrected chi connectivity index (χ4v) is 3.86. The summed E-state index contributed by atoms with van der Waals surface area (Å²) >= 11 is 0. The van der Waals surface area contributed by atoms with Gasteiger partial charge in [0.15, 0.2) is 0 Å². The van der Waals surface area contributed by atoms with Gasteiger partial charge >= 0.3 is 5.97 Å². The van der Waals surface area contributed by atoms with Crippen LogP contribution in [-0.4, -0.2) is 33.5 Å². The number of hydrogen-bond donors (Lipinski definition) is 3. The summed E-state index contributed by atoms with van der Waals surface area (Å²) in [7, 11) is 0. The minimum atomic E-state index is -0.722. The van der Waals surface area contributed by atoms with E-state index < -0.39 is 17.5 Å². The van der Waals surface area contributed by atoms with E-state index in [4.69, 9.17) is 5.11 Å². The lowest BCUT2D eigenvalue weighted by atomic mass is 9.68. The Labute approximate surface area is 165 Å². The molecule has 4 heteroatoms. The van der Waals surface area contributed by atoms with E-state index in [1.807, 2.05) is 6.92 Å². The van der Waals surface area contributed by atoms with Crippen LogP contribution in [0.5, 0.6) is 0 Å². The van der Waals surface area contributed by atoms with Crippen LogP contribution >= 0.6 is 0 Å². The van der Waals surface area contributed by atoms with E-state index in [1.165, 1.54) is 24.8 Å². The molecule has 0 aromatic carbocycles. The largest absolute Gasteiger partial charge is 0.481 e. The lowest BCUT2D eigenvalue weighted by Gasteiger charge is -2.37. The van der Waals surface area contributed by atoms with Crippen molar-refractivity contribution in [3.05, 3.63) is 23.8 Å². The molecule has 2 aliphatic rings. The Balaban J connectivity index is 0.000000387. The fraction of sp³-hybridized carbons (Fsp3) is 0.783. The molecule has 3 N–H and O–H groups in total. The van der Waals surface area contributed by atoms with Crippen LogP contribution in [0.4, 0.5) is 0 Å². The van der Waals surface area contributed by atoms with Gasteiger partial charge in [0.2, 0.25) is 0 Å². The van der Waals surface area contributed by atoms with E-state index in [0.717, 1.165) is 12.8 Å². The number of aliphatic hydroxyl groups excluding tert-OH is 2.